The van der Waals surface area contributed by atoms with E-state index in [1.165, 1.54) is 0 Å². The van der Waals surface area contributed by atoms with Crippen LogP contribution < -0.4 is 4.74 Å². The molecule has 0 spiro atoms. The summed E-state index contributed by atoms with van der Waals surface area (Å²) in [6.45, 7) is 2.29. The van der Waals surface area contributed by atoms with E-state index in [-0.39, 0.29) is 5.28 Å². The molecule has 1 N–H and O–H groups in total. The van der Waals surface area contributed by atoms with Crippen molar-refractivity contribution in [1.82, 2.24) is 15.0 Å². The van der Waals surface area contributed by atoms with E-state index in [2.05, 4.69) is 15.0 Å². The molecule has 0 bridgehead atoms. The Labute approximate surface area is 90.7 Å². The fraction of sp³-hybridized carbons (Fsp3) is 0.222. The highest BCUT2D eigenvalue weighted by Crippen LogP contribution is 2.26. The largest absolute Gasteiger partial charge is 0.477 e. The van der Waals surface area contributed by atoms with Crippen molar-refractivity contribution >= 4 is 22.6 Å². The molecular formula is C9H7ClN4O. The maximum atomic E-state index is 8.87. The number of hydrogen-bond acceptors (Lipinski definition) is 4. The number of fused-ring (bicyclic) bond motifs is 1. The topological polar surface area (TPSA) is 74.6 Å². The lowest BCUT2D eigenvalue weighted by Crippen LogP contribution is -1.97. The van der Waals surface area contributed by atoms with Gasteiger partial charge in [0.1, 0.15) is 11.7 Å². The van der Waals surface area contributed by atoms with Crippen LogP contribution in [0, 0.1) is 11.3 Å². The first kappa shape index (κ1) is 9.74. The van der Waals surface area contributed by atoms with Gasteiger partial charge in [0.25, 0.3) is 0 Å². The number of nitrogens with one attached hydrogen (secondary N) is 1. The number of aromatic nitrogens is 3. The average Bonchev–Trinajstić information content (AvgIpc) is 2.61. The molecule has 15 heavy (non-hydrogen) atoms. The minimum Gasteiger partial charge on any atom is -0.477 e. The van der Waals surface area contributed by atoms with Gasteiger partial charge in [-0.1, -0.05) is 0 Å². The van der Waals surface area contributed by atoms with Crippen molar-refractivity contribution in [2.24, 2.45) is 0 Å². The molecule has 0 aromatic carbocycles. The van der Waals surface area contributed by atoms with Crippen LogP contribution in [0.1, 0.15) is 12.5 Å². The second-order valence-corrected chi connectivity index (χ2v) is 3.11. The van der Waals surface area contributed by atoms with Gasteiger partial charge in [-0.2, -0.15) is 15.2 Å². The van der Waals surface area contributed by atoms with Gasteiger partial charge in [-0.3, -0.25) is 0 Å². The molecule has 2 aromatic rings. The molecule has 0 amide bonds. The van der Waals surface area contributed by atoms with Crippen LogP contribution in [0.3, 0.4) is 0 Å². The molecule has 2 aromatic heterocycles. The zero-order valence-electron chi connectivity index (χ0n) is 7.91. The summed E-state index contributed by atoms with van der Waals surface area (Å²) in [5.74, 6) is 0.338. The second-order valence-electron chi connectivity index (χ2n) is 2.77. The number of nitriles is 1. The van der Waals surface area contributed by atoms with Gasteiger partial charge >= 0.3 is 0 Å². The molecule has 6 heteroatoms. The van der Waals surface area contributed by atoms with Gasteiger partial charge < -0.3 is 9.72 Å². The van der Waals surface area contributed by atoms with Gasteiger partial charge in [0.05, 0.1) is 17.6 Å². The lowest BCUT2D eigenvalue weighted by molar-refractivity contribution is 0.331. The first-order valence-electron chi connectivity index (χ1n) is 4.33. The van der Waals surface area contributed by atoms with Gasteiger partial charge in [0.15, 0.2) is 0 Å². The zero-order valence-corrected chi connectivity index (χ0v) is 8.67. The summed E-state index contributed by atoms with van der Waals surface area (Å²) in [4.78, 5) is 10.7. The lowest BCUT2D eigenvalue weighted by atomic mass is 10.2. The fourth-order valence-corrected chi connectivity index (χ4v) is 1.46. The van der Waals surface area contributed by atoms with Crippen LogP contribution in [0.25, 0.3) is 11.0 Å². The number of H-pyrrole nitrogens is 1. The standard InChI is InChI=1S/C9H7ClN4O/c1-2-15-8-6-5(3-11)4-12-7(6)13-9(10)14-8/h4H,2H2,1H3,(H,12,13,14). The van der Waals surface area contributed by atoms with Crippen molar-refractivity contribution in [1.29, 1.82) is 5.26 Å². The molecule has 0 unspecified atom stereocenters. The summed E-state index contributed by atoms with van der Waals surface area (Å²) in [5, 5.41) is 9.54. The summed E-state index contributed by atoms with van der Waals surface area (Å²) in [5.41, 5.74) is 0.958. The first-order valence-corrected chi connectivity index (χ1v) is 4.71. The van der Waals surface area contributed by atoms with E-state index in [1.807, 2.05) is 13.0 Å². The van der Waals surface area contributed by atoms with E-state index in [0.29, 0.717) is 29.1 Å². The van der Waals surface area contributed by atoms with Crippen LogP contribution in [-0.4, -0.2) is 21.6 Å². The van der Waals surface area contributed by atoms with Crippen molar-refractivity contribution in [3.8, 4) is 11.9 Å². The number of aromatic amines is 1. The molecule has 0 saturated heterocycles. The number of ether oxygens (including phenoxy) is 1. The highest BCUT2D eigenvalue weighted by atomic mass is 35.5. The molecule has 0 radical (unpaired) electrons. The quantitative estimate of drug-likeness (QED) is 0.788. The van der Waals surface area contributed by atoms with Gasteiger partial charge in [-0.15, -0.1) is 0 Å². The number of nitrogens with zero attached hydrogens (tertiary/aromatic N) is 3. The number of rotatable bonds is 2. The number of halogens is 1. The highest BCUT2D eigenvalue weighted by Gasteiger charge is 2.13. The van der Waals surface area contributed by atoms with E-state index in [0.717, 1.165) is 0 Å². The summed E-state index contributed by atoms with van der Waals surface area (Å²) in [7, 11) is 0. The fourth-order valence-electron chi connectivity index (χ4n) is 1.30. The predicted molar refractivity (Wildman–Crippen MR) is 54.8 cm³/mol. The Morgan fingerprint density at radius 2 is 2.40 bits per heavy atom. The molecule has 0 saturated carbocycles. The van der Waals surface area contributed by atoms with Gasteiger partial charge in [-0.05, 0) is 18.5 Å². The Morgan fingerprint density at radius 1 is 1.60 bits per heavy atom. The third kappa shape index (κ3) is 1.60. The van der Waals surface area contributed by atoms with Crippen molar-refractivity contribution < 1.29 is 4.74 Å². The maximum Gasteiger partial charge on any atom is 0.228 e. The third-order valence-electron chi connectivity index (χ3n) is 1.87. The Bertz CT molecular complexity index is 543. The smallest absolute Gasteiger partial charge is 0.228 e. The molecule has 76 valence electrons. The van der Waals surface area contributed by atoms with E-state index < -0.39 is 0 Å². The molecule has 5 nitrogen and oxygen atoms in total. The SMILES string of the molecule is CCOc1nc(Cl)nc2[nH]cc(C#N)c12. The van der Waals surface area contributed by atoms with Crippen molar-refractivity contribution in [2.45, 2.75) is 6.92 Å². The summed E-state index contributed by atoms with van der Waals surface area (Å²) in [6.07, 6.45) is 1.55. The van der Waals surface area contributed by atoms with Crippen LogP contribution in [0.5, 0.6) is 5.88 Å². The Hall–Kier alpha value is -1.80. The summed E-state index contributed by atoms with van der Waals surface area (Å²) in [6, 6.07) is 2.03. The molecule has 0 aliphatic heterocycles. The van der Waals surface area contributed by atoms with E-state index in [9.17, 15) is 0 Å². The van der Waals surface area contributed by atoms with Crippen LogP contribution >= 0.6 is 11.6 Å². The monoisotopic (exact) mass is 222 g/mol. The molecule has 2 heterocycles. The predicted octanol–water partition coefficient (Wildman–Crippen LogP) is 1.88. The molecule has 0 aliphatic rings. The zero-order chi connectivity index (χ0) is 10.8. The average molecular weight is 223 g/mol. The Morgan fingerprint density at radius 3 is 3.07 bits per heavy atom. The lowest BCUT2D eigenvalue weighted by Gasteiger charge is -2.03. The molecule has 2 rings (SSSR count). The minimum atomic E-state index is 0.0947. The second kappa shape index (κ2) is 3.75. The van der Waals surface area contributed by atoms with Crippen molar-refractivity contribution in [2.75, 3.05) is 6.61 Å². The van der Waals surface area contributed by atoms with Gasteiger partial charge in [0.2, 0.25) is 11.2 Å². The summed E-state index contributed by atoms with van der Waals surface area (Å²) >= 11 is 5.71. The van der Waals surface area contributed by atoms with E-state index >= 15 is 0 Å². The van der Waals surface area contributed by atoms with Crippen LogP contribution in [0.15, 0.2) is 6.20 Å². The van der Waals surface area contributed by atoms with Crippen molar-refractivity contribution in [3.63, 3.8) is 0 Å². The van der Waals surface area contributed by atoms with E-state index in [4.69, 9.17) is 21.6 Å². The van der Waals surface area contributed by atoms with Crippen LogP contribution in [0.2, 0.25) is 5.28 Å². The van der Waals surface area contributed by atoms with Gasteiger partial charge in [0, 0.05) is 6.20 Å². The Balaban J connectivity index is 2.74. The first-order chi connectivity index (χ1) is 7.26. The Kier molecular flexibility index (Phi) is 2.44. The van der Waals surface area contributed by atoms with Crippen LogP contribution in [-0.2, 0) is 0 Å². The van der Waals surface area contributed by atoms with Crippen molar-refractivity contribution in [3.05, 3.63) is 17.0 Å². The molecule has 0 atom stereocenters. The maximum absolute atomic E-state index is 8.87. The molecule has 0 fully saturated rings. The van der Waals surface area contributed by atoms with Crippen LogP contribution in [0.4, 0.5) is 0 Å². The number of hydrogen-bond donors (Lipinski definition) is 1. The normalized spacial score (nSPS) is 10.2. The van der Waals surface area contributed by atoms with E-state index in [1.54, 1.807) is 6.20 Å². The minimum absolute atomic E-state index is 0.0947. The van der Waals surface area contributed by atoms with Gasteiger partial charge in [-0.25, -0.2) is 0 Å². The summed E-state index contributed by atoms with van der Waals surface area (Å²) < 4.78 is 5.29. The molecular weight excluding hydrogens is 216 g/mol. The third-order valence-corrected chi connectivity index (χ3v) is 2.04. The molecule has 0 aliphatic carbocycles. The highest BCUT2D eigenvalue weighted by molar-refractivity contribution is 6.28.